The highest BCUT2D eigenvalue weighted by molar-refractivity contribution is 7.89. The van der Waals surface area contributed by atoms with E-state index in [1.807, 2.05) is 6.92 Å². The smallest absolute Gasteiger partial charge is 0.251 e. The molecule has 1 aliphatic carbocycles. The average Bonchev–Trinajstić information content (AvgIpc) is 3.68. The van der Waals surface area contributed by atoms with Crippen molar-refractivity contribution in [3.8, 4) is 0 Å². The van der Waals surface area contributed by atoms with E-state index in [0.717, 1.165) is 51.3 Å². The number of anilines is 1. The van der Waals surface area contributed by atoms with Crippen LogP contribution in [0.1, 0.15) is 48.7 Å². The minimum Gasteiger partial charge on any atom is -0.369 e. The maximum Gasteiger partial charge on any atom is 0.251 e. The monoisotopic (exact) mass is 488 g/mol. The van der Waals surface area contributed by atoms with Gasteiger partial charge in [-0.05, 0) is 68.6 Å². The number of benzene rings is 2. The lowest BCUT2D eigenvalue weighted by Gasteiger charge is -2.37. The molecule has 0 radical (unpaired) electrons. The summed E-state index contributed by atoms with van der Waals surface area (Å²) in [4.78, 5) is 17.7. The zero-order chi connectivity index (χ0) is 24.3. The second-order valence-electron chi connectivity index (χ2n) is 9.14. The lowest BCUT2D eigenvalue weighted by Crippen LogP contribution is -2.46. The van der Waals surface area contributed by atoms with Crippen LogP contribution in [0.3, 0.4) is 0 Å². The Morgan fingerprint density at radius 1 is 1.12 bits per heavy atom. The number of piperazine rings is 1. The van der Waals surface area contributed by atoms with Gasteiger partial charge in [0.25, 0.3) is 5.91 Å². The molecule has 184 valence electrons. The van der Waals surface area contributed by atoms with E-state index < -0.39 is 22.0 Å². The van der Waals surface area contributed by atoms with Crippen LogP contribution in [-0.2, 0) is 10.0 Å². The number of halogens is 1. The molecule has 1 heterocycles. The van der Waals surface area contributed by atoms with Crippen molar-refractivity contribution in [3.63, 3.8) is 0 Å². The van der Waals surface area contributed by atoms with Crippen molar-refractivity contribution in [2.24, 2.45) is 5.92 Å². The van der Waals surface area contributed by atoms with Crippen LogP contribution in [0.5, 0.6) is 0 Å². The normalized spacial score (nSPS) is 18.0. The van der Waals surface area contributed by atoms with Crippen LogP contribution in [0, 0.1) is 11.7 Å². The number of nitrogens with one attached hydrogen (secondary N) is 2. The van der Waals surface area contributed by atoms with Crippen molar-refractivity contribution >= 4 is 21.6 Å². The minimum absolute atomic E-state index is 0.0636. The molecule has 1 amide bonds. The summed E-state index contributed by atoms with van der Waals surface area (Å²) in [7, 11) is -3.68. The van der Waals surface area contributed by atoms with Gasteiger partial charge < -0.3 is 15.1 Å². The lowest BCUT2D eigenvalue weighted by atomic mass is 10.0. The molecule has 4 rings (SSSR count). The number of hydrogen-bond donors (Lipinski definition) is 2. The van der Waals surface area contributed by atoms with E-state index in [-0.39, 0.29) is 16.3 Å². The maximum atomic E-state index is 14.2. The van der Waals surface area contributed by atoms with Crippen molar-refractivity contribution in [1.29, 1.82) is 0 Å². The van der Waals surface area contributed by atoms with E-state index in [2.05, 4.69) is 26.8 Å². The van der Waals surface area contributed by atoms with Gasteiger partial charge in [0.2, 0.25) is 10.0 Å². The van der Waals surface area contributed by atoms with E-state index in [9.17, 15) is 17.6 Å². The van der Waals surface area contributed by atoms with Gasteiger partial charge in [0, 0.05) is 49.5 Å². The molecule has 1 saturated heterocycles. The van der Waals surface area contributed by atoms with E-state index in [4.69, 9.17) is 0 Å². The Hall–Kier alpha value is -2.49. The first kappa shape index (κ1) is 24.6. The maximum absolute atomic E-state index is 14.2. The number of rotatable bonds is 9. The largest absolute Gasteiger partial charge is 0.369 e. The number of amides is 1. The third kappa shape index (κ3) is 5.95. The third-order valence-electron chi connectivity index (χ3n) is 6.63. The molecule has 2 aromatic rings. The predicted molar refractivity (Wildman–Crippen MR) is 131 cm³/mol. The molecule has 7 nitrogen and oxygen atoms in total. The molecule has 1 saturated carbocycles. The second kappa shape index (κ2) is 10.4. The zero-order valence-corrected chi connectivity index (χ0v) is 20.6. The van der Waals surface area contributed by atoms with E-state index in [0.29, 0.717) is 18.0 Å². The molecule has 34 heavy (non-hydrogen) atoms. The molecule has 1 unspecified atom stereocenters. The third-order valence-corrected chi connectivity index (χ3v) is 8.05. The molecule has 2 aliphatic rings. The second-order valence-corrected chi connectivity index (χ2v) is 10.9. The highest BCUT2D eigenvalue weighted by Gasteiger charge is 2.25. The van der Waals surface area contributed by atoms with E-state index in [1.54, 1.807) is 18.2 Å². The number of carbonyl (C=O) groups is 1. The number of nitrogens with zero attached hydrogens (tertiary/aromatic N) is 2. The van der Waals surface area contributed by atoms with Gasteiger partial charge in [-0.1, -0.05) is 13.0 Å². The highest BCUT2D eigenvalue weighted by Crippen LogP contribution is 2.29. The summed E-state index contributed by atoms with van der Waals surface area (Å²) in [6, 6.07) is 10.2. The van der Waals surface area contributed by atoms with Crippen molar-refractivity contribution in [2.45, 2.75) is 37.6 Å². The topological polar surface area (TPSA) is 81.8 Å². The van der Waals surface area contributed by atoms with Crippen LogP contribution >= 0.6 is 0 Å². The zero-order valence-electron chi connectivity index (χ0n) is 19.8. The van der Waals surface area contributed by atoms with Gasteiger partial charge >= 0.3 is 0 Å². The summed E-state index contributed by atoms with van der Waals surface area (Å²) >= 11 is 0. The van der Waals surface area contributed by atoms with Gasteiger partial charge in [0.15, 0.2) is 0 Å². The average molecular weight is 489 g/mol. The van der Waals surface area contributed by atoms with Crippen molar-refractivity contribution < 1.29 is 17.6 Å². The first-order valence-electron chi connectivity index (χ1n) is 11.9. The molecular formula is C25H33FN4O3S. The SMILES string of the molecule is CCN1CCN(c2ccc(F)cc2C(C)NC(=O)c2cccc(S(=O)(=O)NCC3CC3)c2)CC1. The summed E-state index contributed by atoms with van der Waals surface area (Å²) in [5.41, 5.74) is 1.86. The van der Waals surface area contributed by atoms with Crippen molar-refractivity contribution in [2.75, 3.05) is 44.2 Å². The van der Waals surface area contributed by atoms with Gasteiger partial charge in [-0.3, -0.25) is 4.79 Å². The first-order chi connectivity index (χ1) is 16.3. The fourth-order valence-corrected chi connectivity index (χ4v) is 5.42. The Bertz CT molecular complexity index is 1130. The molecule has 2 fully saturated rings. The van der Waals surface area contributed by atoms with Crippen LogP contribution in [0.2, 0.25) is 0 Å². The minimum atomic E-state index is -3.68. The van der Waals surface area contributed by atoms with E-state index >= 15 is 0 Å². The molecule has 2 aromatic carbocycles. The Labute approximate surface area is 201 Å². The number of likely N-dealkylation sites (N-methyl/N-ethyl adjacent to an activating group) is 1. The summed E-state index contributed by atoms with van der Waals surface area (Å²) in [6.45, 7) is 8.92. The molecule has 1 atom stereocenters. The van der Waals surface area contributed by atoms with Crippen molar-refractivity contribution in [1.82, 2.24) is 14.9 Å². The Morgan fingerprint density at radius 3 is 2.53 bits per heavy atom. The van der Waals surface area contributed by atoms with Gasteiger partial charge in [-0.15, -0.1) is 0 Å². The summed E-state index contributed by atoms with van der Waals surface area (Å²) < 4.78 is 42.0. The van der Waals surface area contributed by atoms with E-state index in [1.165, 1.54) is 24.3 Å². The Kier molecular flexibility index (Phi) is 7.54. The summed E-state index contributed by atoms with van der Waals surface area (Å²) in [6.07, 6.45) is 2.08. The quantitative estimate of drug-likeness (QED) is 0.567. The van der Waals surface area contributed by atoms with Gasteiger partial charge in [0.05, 0.1) is 10.9 Å². The lowest BCUT2D eigenvalue weighted by molar-refractivity contribution is 0.0939. The van der Waals surface area contributed by atoms with Crippen LogP contribution in [0.25, 0.3) is 0 Å². The Balaban J connectivity index is 1.48. The standard InChI is InChI=1S/C25H33FN4O3S/c1-3-29-11-13-30(14-12-29)24-10-9-21(26)16-23(24)18(2)28-25(31)20-5-4-6-22(15-20)34(32,33)27-17-19-7-8-19/h4-6,9-10,15-16,18-19,27H,3,7-8,11-14,17H2,1-2H3,(H,28,31). The van der Waals surface area contributed by atoms with Crippen LogP contribution in [0.15, 0.2) is 47.4 Å². The Morgan fingerprint density at radius 2 is 1.85 bits per heavy atom. The molecule has 0 bridgehead atoms. The molecule has 9 heteroatoms. The predicted octanol–water partition coefficient (Wildman–Crippen LogP) is 3.15. The molecule has 0 aromatic heterocycles. The van der Waals surface area contributed by atoms with Gasteiger partial charge in [-0.25, -0.2) is 17.5 Å². The number of sulfonamides is 1. The highest BCUT2D eigenvalue weighted by atomic mass is 32.2. The van der Waals surface area contributed by atoms with Crippen LogP contribution in [-0.4, -0.2) is 58.5 Å². The first-order valence-corrected chi connectivity index (χ1v) is 13.4. The molecule has 1 aliphatic heterocycles. The van der Waals surface area contributed by atoms with Gasteiger partial charge in [-0.2, -0.15) is 0 Å². The number of carbonyl (C=O) groups excluding carboxylic acids is 1. The fourth-order valence-electron chi connectivity index (χ4n) is 4.26. The number of hydrogen-bond acceptors (Lipinski definition) is 5. The fraction of sp³-hybridized carbons (Fsp3) is 0.480. The van der Waals surface area contributed by atoms with Crippen LogP contribution in [0.4, 0.5) is 10.1 Å². The van der Waals surface area contributed by atoms with Crippen molar-refractivity contribution in [3.05, 3.63) is 59.4 Å². The summed E-state index contributed by atoms with van der Waals surface area (Å²) in [5, 5.41) is 2.92. The van der Waals surface area contributed by atoms with Gasteiger partial charge in [0.1, 0.15) is 5.82 Å². The molecule has 2 N–H and O–H groups in total. The molecule has 0 spiro atoms. The van der Waals surface area contributed by atoms with Crippen LogP contribution < -0.4 is 14.9 Å². The summed E-state index contributed by atoms with van der Waals surface area (Å²) in [5.74, 6) is -0.354. The molecular weight excluding hydrogens is 455 g/mol.